The Bertz CT molecular complexity index is 1510. The zero-order chi connectivity index (χ0) is 22.5. The first-order valence-corrected chi connectivity index (χ1v) is 11.4. The van der Waals surface area contributed by atoms with Crippen LogP contribution < -0.4 is 0 Å². The molecule has 6 rings (SSSR count). The summed E-state index contributed by atoms with van der Waals surface area (Å²) >= 11 is 6.11. The quantitative estimate of drug-likeness (QED) is 0.343. The molecule has 0 bridgehead atoms. The van der Waals surface area contributed by atoms with E-state index in [2.05, 4.69) is 37.8 Å². The number of carbonyl (C=O) groups is 1. The van der Waals surface area contributed by atoms with Crippen LogP contribution in [-0.4, -0.2) is 39.3 Å². The minimum absolute atomic E-state index is 0.107. The van der Waals surface area contributed by atoms with Crippen LogP contribution in [-0.2, 0) is 19.9 Å². The van der Waals surface area contributed by atoms with Crippen molar-refractivity contribution in [3.05, 3.63) is 82.8 Å². The van der Waals surface area contributed by atoms with Crippen LogP contribution in [0.2, 0.25) is 5.02 Å². The number of imidazole rings is 2. The Kier molecular flexibility index (Phi) is 4.76. The predicted octanol–water partition coefficient (Wildman–Crippen LogP) is 4.05. The van der Waals surface area contributed by atoms with Crippen molar-refractivity contribution < 1.29 is 4.79 Å². The molecule has 166 valence electrons. The standard InChI is InChI=1S/C24H22ClN7O/c1-30-23(11-18-13-32-12-16(15-2-3-15)4-7-22(32)27-18)28-24(29-30)21(33)6-5-19-20-10-17(25)8-9-31(20)14-26-19/h4,7-10,12-15H,2-3,5-6,11H2,1H3. The minimum Gasteiger partial charge on any atom is -0.307 e. The molecule has 0 aliphatic heterocycles. The van der Waals surface area contributed by atoms with E-state index in [-0.39, 0.29) is 18.0 Å². The van der Waals surface area contributed by atoms with Crippen LogP contribution in [0.4, 0.5) is 0 Å². The van der Waals surface area contributed by atoms with Gasteiger partial charge >= 0.3 is 0 Å². The number of ketones is 1. The largest absolute Gasteiger partial charge is 0.307 e. The van der Waals surface area contributed by atoms with Gasteiger partial charge in [-0.15, -0.1) is 5.10 Å². The van der Waals surface area contributed by atoms with Gasteiger partial charge in [-0.1, -0.05) is 17.7 Å². The molecule has 5 aromatic heterocycles. The first kappa shape index (κ1) is 20.1. The van der Waals surface area contributed by atoms with Crippen molar-refractivity contribution in [2.75, 3.05) is 0 Å². The summed E-state index contributed by atoms with van der Waals surface area (Å²) in [4.78, 5) is 26.4. The number of rotatable bonds is 7. The van der Waals surface area contributed by atoms with Crippen LogP contribution in [0, 0.1) is 0 Å². The second-order valence-electron chi connectivity index (χ2n) is 8.64. The number of aromatic nitrogens is 7. The molecule has 9 heteroatoms. The van der Waals surface area contributed by atoms with Gasteiger partial charge in [-0.3, -0.25) is 9.48 Å². The summed E-state index contributed by atoms with van der Waals surface area (Å²) in [5, 5.41) is 5.00. The molecule has 8 nitrogen and oxygen atoms in total. The Hall–Kier alpha value is -3.52. The van der Waals surface area contributed by atoms with E-state index in [0.717, 1.165) is 22.6 Å². The lowest BCUT2D eigenvalue weighted by Crippen LogP contribution is -2.05. The van der Waals surface area contributed by atoms with Gasteiger partial charge in [-0.05, 0) is 48.9 Å². The van der Waals surface area contributed by atoms with Crippen molar-refractivity contribution in [1.82, 2.24) is 33.5 Å². The monoisotopic (exact) mass is 459 g/mol. The molecule has 0 amide bonds. The van der Waals surface area contributed by atoms with Crippen molar-refractivity contribution in [2.45, 2.75) is 38.0 Å². The van der Waals surface area contributed by atoms with E-state index in [0.29, 0.717) is 29.6 Å². The van der Waals surface area contributed by atoms with Crippen molar-refractivity contribution >= 4 is 28.5 Å². The average molecular weight is 460 g/mol. The van der Waals surface area contributed by atoms with Crippen molar-refractivity contribution in [3.8, 4) is 0 Å². The lowest BCUT2D eigenvalue weighted by Gasteiger charge is -1.98. The first-order valence-electron chi connectivity index (χ1n) is 11.1. The minimum atomic E-state index is -0.107. The van der Waals surface area contributed by atoms with Crippen LogP contribution >= 0.6 is 11.6 Å². The molecule has 1 aliphatic rings. The zero-order valence-corrected chi connectivity index (χ0v) is 18.9. The Balaban J connectivity index is 1.16. The molecule has 0 unspecified atom stereocenters. The molecule has 0 aromatic carbocycles. The molecule has 1 saturated carbocycles. The smallest absolute Gasteiger partial charge is 0.217 e. The lowest BCUT2D eigenvalue weighted by atomic mass is 10.1. The Morgan fingerprint density at radius 2 is 2.03 bits per heavy atom. The summed E-state index contributed by atoms with van der Waals surface area (Å²) in [6.07, 6.45) is 11.6. The molecule has 33 heavy (non-hydrogen) atoms. The average Bonchev–Trinajstić information content (AvgIpc) is 3.31. The molecule has 0 N–H and O–H groups in total. The molecule has 0 saturated heterocycles. The number of carbonyl (C=O) groups excluding carboxylic acids is 1. The summed E-state index contributed by atoms with van der Waals surface area (Å²) in [5.74, 6) is 1.53. The summed E-state index contributed by atoms with van der Waals surface area (Å²) in [6, 6.07) is 7.89. The van der Waals surface area contributed by atoms with Gasteiger partial charge in [0.05, 0.1) is 29.7 Å². The highest BCUT2D eigenvalue weighted by Gasteiger charge is 2.24. The Labute approximate surface area is 194 Å². The molecule has 5 aromatic rings. The van der Waals surface area contributed by atoms with Gasteiger partial charge in [0, 0.05) is 37.1 Å². The third-order valence-electron chi connectivity index (χ3n) is 6.18. The Morgan fingerprint density at radius 1 is 1.15 bits per heavy atom. The molecule has 1 aliphatic carbocycles. The van der Waals surface area contributed by atoms with E-state index in [4.69, 9.17) is 16.6 Å². The van der Waals surface area contributed by atoms with Gasteiger partial charge in [-0.2, -0.15) is 0 Å². The van der Waals surface area contributed by atoms with Crippen molar-refractivity contribution in [3.63, 3.8) is 0 Å². The highest BCUT2D eigenvalue weighted by Crippen LogP contribution is 2.39. The summed E-state index contributed by atoms with van der Waals surface area (Å²) in [6.45, 7) is 0. The summed E-state index contributed by atoms with van der Waals surface area (Å²) < 4.78 is 5.64. The van der Waals surface area contributed by atoms with E-state index in [9.17, 15) is 4.79 Å². The van der Waals surface area contributed by atoms with Crippen LogP contribution in [0.3, 0.4) is 0 Å². The van der Waals surface area contributed by atoms with E-state index in [1.807, 2.05) is 29.9 Å². The maximum Gasteiger partial charge on any atom is 0.217 e. The fourth-order valence-electron chi connectivity index (χ4n) is 4.21. The number of hydrogen-bond acceptors (Lipinski definition) is 5. The third-order valence-corrected chi connectivity index (χ3v) is 6.42. The van der Waals surface area contributed by atoms with Gasteiger partial charge in [-0.25, -0.2) is 15.0 Å². The molecule has 5 heterocycles. The number of aryl methyl sites for hydroxylation is 2. The normalized spacial score (nSPS) is 13.9. The fraction of sp³-hybridized carbons (Fsp3) is 0.292. The zero-order valence-electron chi connectivity index (χ0n) is 18.1. The van der Waals surface area contributed by atoms with Gasteiger partial charge < -0.3 is 8.80 Å². The maximum atomic E-state index is 12.8. The summed E-state index contributed by atoms with van der Waals surface area (Å²) in [7, 11) is 1.81. The topological polar surface area (TPSA) is 82.4 Å². The number of nitrogens with zero attached hydrogens (tertiary/aromatic N) is 7. The van der Waals surface area contributed by atoms with Crippen LogP contribution in [0.1, 0.15) is 58.6 Å². The van der Waals surface area contributed by atoms with E-state index < -0.39 is 0 Å². The van der Waals surface area contributed by atoms with E-state index in [1.54, 1.807) is 17.1 Å². The summed E-state index contributed by atoms with van der Waals surface area (Å²) in [5.41, 5.74) is 4.92. The van der Waals surface area contributed by atoms with Gasteiger partial charge in [0.25, 0.3) is 0 Å². The second-order valence-corrected chi connectivity index (χ2v) is 9.07. The van der Waals surface area contributed by atoms with E-state index >= 15 is 0 Å². The van der Waals surface area contributed by atoms with Crippen molar-refractivity contribution in [2.24, 2.45) is 7.05 Å². The highest BCUT2D eigenvalue weighted by molar-refractivity contribution is 6.30. The molecule has 0 radical (unpaired) electrons. The molecular formula is C24H22ClN7O. The molecular weight excluding hydrogens is 438 g/mol. The highest BCUT2D eigenvalue weighted by atomic mass is 35.5. The van der Waals surface area contributed by atoms with Crippen molar-refractivity contribution in [1.29, 1.82) is 0 Å². The van der Waals surface area contributed by atoms with Crippen LogP contribution in [0.5, 0.6) is 0 Å². The molecule has 0 spiro atoms. The fourth-order valence-corrected chi connectivity index (χ4v) is 4.37. The van der Waals surface area contributed by atoms with Crippen LogP contribution in [0.15, 0.2) is 49.2 Å². The predicted molar refractivity (Wildman–Crippen MR) is 124 cm³/mol. The lowest BCUT2D eigenvalue weighted by molar-refractivity contribution is 0.0972. The third kappa shape index (κ3) is 3.91. The second kappa shape index (κ2) is 7.81. The molecule has 1 fully saturated rings. The SMILES string of the molecule is Cn1nc(C(=O)CCc2ncn3ccc(Cl)cc23)nc1Cc1cn2cc(C3CC3)ccc2n1. The Morgan fingerprint density at radius 3 is 2.88 bits per heavy atom. The number of hydrogen-bond donors (Lipinski definition) is 0. The van der Waals surface area contributed by atoms with Gasteiger partial charge in [0.1, 0.15) is 11.5 Å². The van der Waals surface area contributed by atoms with Gasteiger partial charge in [0.2, 0.25) is 11.6 Å². The van der Waals surface area contributed by atoms with E-state index in [1.165, 1.54) is 18.4 Å². The maximum absolute atomic E-state index is 12.8. The van der Waals surface area contributed by atoms with Crippen LogP contribution in [0.25, 0.3) is 11.2 Å². The van der Waals surface area contributed by atoms with Gasteiger partial charge in [0.15, 0.2) is 0 Å². The molecule has 0 atom stereocenters. The number of halogens is 1. The first-order chi connectivity index (χ1) is 16.0. The number of Topliss-reactive ketones (excluding diaryl/α,β-unsaturated/α-hetero) is 1. The number of fused-ring (bicyclic) bond motifs is 2. The number of pyridine rings is 2.